The summed E-state index contributed by atoms with van der Waals surface area (Å²) >= 11 is 0. The lowest BCUT2D eigenvalue weighted by Gasteiger charge is -2.09. The monoisotopic (exact) mass is 151 g/mol. The molecule has 2 atom stereocenters. The minimum Gasteiger partial charge on any atom is -0.444 e. The van der Waals surface area contributed by atoms with Crippen LogP contribution < -0.4 is 5.32 Å². The van der Waals surface area contributed by atoms with Crippen LogP contribution in [-0.2, 0) is 4.74 Å². The Morgan fingerprint density at radius 2 is 2.30 bits per heavy atom. The van der Waals surface area contributed by atoms with E-state index in [-0.39, 0.29) is 0 Å². The summed E-state index contributed by atoms with van der Waals surface area (Å²) in [5, 5.41) is 1.99. The second-order valence-electron chi connectivity index (χ2n) is 2.12. The molecule has 1 amide bonds. The molecule has 1 N–H and O–H groups in total. The summed E-state index contributed by atoms with van der Waals surface area (Å²) < 4.78 is 28.1. The van der Waals surface area contributed by atoms with Gasteiger partial charge in [0.2, 0.25) is 0 Å². The summed E-state index contributed by atoms with van der Waals surface area (Å²) in [6.45, 7) is 1.43. The maximum absolute atomic E-state index is 11.9. The highest BCUT2D eigenvalue weighted by Gasteiger charge is 2.36. The number of carbonyl (C=O) groups is 1. The fourth-order valence-corrected chi connectivity index (χ4v) is 0.797. The third-order valence-electron chi connectivity index (χ3n) is 1.35. The van der Waals surface area contributed by atoms with Crippen molar-refractivity contribution in [2.45, 2.75) is 25.5 Å². The molecule has 0 aromatic heterocycles. The van der Waals surface area contributed by atoms with E-state index in [1.807, 2.05) is 5.32 Å². The summed E-state index contributed by atoms with van der Waals surface area (Å²) in [5.41, 5.74) is 0. The molecule has 0 aliphatic carbocycles. The topological polar surface area (TPSA) is 38.3 Å². The molecular formula is C5H7F2NO2. The molecule has 3 nitrogen and oxygen atoms in total. The summed E-state index contributed by atoms with van der Waals surface area (Å²) in [7, 11) is 0. The number of carbonyl (C=O) groups excluding carboxylic acids is 1. The van der Waals surface area contributed by atoms with E-state index in [1.165, 1.54) is 6.92 Å². The van der Waals surface area contributed by atoms with Gasteiger partial charge in [0.05, 0.1) is 0 Å². The summed E-state index contributed by atoms with van der Waals surface area (Å²) in [6, 6.07) is -1.15. The van der Waals surface area contributed by atoms with Crippen LogP contribution in [0.3, 0.4) is 0 Å². The van der Waals surface area contributed by atoms with Crippen LogP contribution in [0.4, 0.5) is 13.6 Å². The van der Waals surface area contributed by atoms with Crippen LogP contribution >= 0.6 is 0 Å². The minimum atomic E-state index is -2.55. The zero-order chi connectivity index (χ0) is 7.72. The average molecular weight is 151 g/mol. The smallest absolute Gasteiger partial charge is 0.408 e. The molecule has 1 aliphatic rings. The normalized spacial score (nSPS) is 32.2. The number of halogens is 2. The largest absolute Gasteiger partial charge is 0.444 e. The minimum absolute atomic E-state index is 0.729. The van der Waals surface area contributed by atoms with Crippen molar-refractivity contribution in [1.82, 2.24) is 5.32 Å². The molecule has 0 spiro atoms. The van der Waals surface area contributed by atoms with Gasteiger partial charge in [0.25, 0.3) is 6.43 Å². The lowest BCUT2D eigenvalue weighted by atomic mass is 10.2. The Balaban J connectivity index is 2.54. The van der Waals surface area contributed by atoms with Gasteiger partial charge in [-0.2, -0.15) is 0 Å². The number of alkyl halides is 2. The first-order chi connectivity index (χ1) is 4.61. The quantitative estimate of drug-likeness (QED) is 0.600. The lowest BCUT2D eigenvalue weighted by molar-refractivity contribution is 0.0665. The highest BCUT2D eigenvalue weighted by molar-refractivity contribution is 5.70. The van der Waals surface area contributed by atoms with Gasteiger partial charge < -0.3 is 10.1 Å². The Morgan fingerprint density at radius 3 is 2.50 bits per heavy atom. The van der Waals surface area contributed by atoms with Crippen molar-refractivity contribution in [3.8, 4) is 0 Å². The van der Waals surface area contributed by atoms with Crippen LogP contribution in [0.1, 0.15) is 6.92 Å². The number of cyclic esters (lactones) is 1. The third kappa shape index (κ3) is 1.17. The van der Waals surface area contributed by atoms with Crippen LogP contribution in [0.5, 0.6) is 0 Å². The zero-order valence-electron chi connectivity index (χ0n) is 5.30. The standard InChI is InChI=1S/C5H7F2NO2/c1-2-3(4(6)7)8-5(9)10-2/h2-4H,1H3,(H,8,9)/t2-,3-/m1/s1. The van der Waals surface area contributed by atoms with E-state index in [4.69, 9.17) is 0 Å². The first kappa shape index (κ1) is 7.24. The van der Waals surface area contributed by atoms with Crippen LogP contribution in [0.25, 0.3) is 0 Å². The number of hydrogen-bond donors (Lipinski definition) is 1. The average Bonchev–Trinajstić information content (AvgIpc) is 2.10. The van der Waals surface area contributed by atoms with Gasteiger partial charge in [0.15, 0.2) is 0 Å². The highest BCUT2D eigenvalue weighted by atomic mass is 19.3. The molecule has 1 saturated heterocycles. The van der Waals surface area contributed by atoms with E-state index in [0.29, 0.717) is 0 Å². The van der Waals surface area contributed by atoms with E-state index in [9.17, 15) is 13.6 Å². The van der Waals surface area contributed by atoms with Crippen LogP contribution in [0.2, 0.25) is 0 Å². The molecule has 0 radical (unpaired) electrons. The van der Waals surface area contributed by atoms with Crippen molar-refractivity contribution < 1.29 is 18.3 Å². The molecule has 0 saturated carbocycles. The van der Waals surface area contributed by atoms with Crippen molar-refractivity contribution in [2.24, 2.45) is 0 Å². The van der Waals surface area contributed by atoms with E-state index >= 15 is 0 Å². The number of amides is 1. The number of nitrogens with one attached hydrogen (secondary N) is 1. The maximum Gasteiger partial charge on any atom is 0.408 e. The van der Waals surface area contributed by atoms with Crippen molar-refractivity contribution >= 4 is 6.09 Å². The molecule has 1 rings (SSSR count). The Hall–Kier alpha value is -0.870. The molecule has 58 valence electrons. The third-order valence-corrected chi connectivity index (χ3v) is 1.35. The second-order valence-corrected chi connectivity index (χ2v) is 2.12. The highest BCUT2D eigenvalue weighted by Crippen LogP contribution is 2.14. The predicted octanol–water partition coefficient (Wildman–Crippen LogP) is 0.748. The van der Waals surface area contributed by atoms with E-state index in [1.54, 1.807) is 0 Å². The summed E-state index contributed by atoms with van der Waals surface area (Å²) in [5.74, 6) is 0. The van der Waals surface area contributed by atoms with Crippen LogP contribution in [0, 0.1) is 0 Å². The SMILES string of the molecule is C[C@H]1OC(=O)N[C@H]1C(F)F. The molecule has 1 aliphatic heterocycles. The van der Waals surface area contributed by atoms with E-state index in [0.717, 1.165) is 0 Å². The molecule has 5 heteroatoms. The van der Waals surface area contributed by atoms with Crippen LogP contribution in [0.15, 0.2) is 0 Å². The first-order valence-corrected chi connectivity index (χ1v) is 2.86. The van der Waals surface area contributed by atoms with E-state index in [2.05, 4.69) is 4.74 Å². The summed E-state index contributed by atoms with van der Waals surface area (Å²) in [6.07, 6.45) is -4.05. The van der Waals surface area contributed by atoms with Crippen molar-refractivity contribution in [3.05, 3.63) is 0 Å². The molecule has 10 heavy (non-hydrogen) atoms. The predicted molar refractivity (Wildman–Crippen MR) is 28.9 cm³/mol. The Morgan fingerprint density at radius 1 is 1.70 bits per heavy atom. The Bertz CT molecular complexity index is 151. The molecule has 0 bridgehead atoms. The fraction of sp³-hybridized carbons (Fsp3) is 0.800. The van der Waals surface area contributed by atoms with Crippen molar-refractivity contribution in [2.75, 3.05) is 0 Å². The van der Waals surface area contributed by atoms with Gasteiger partial charge in [-0.3, -0.25) is 0 Å². The number of hydrogen-bond acceptors (Lipinski definition) is 2. The number of rotatable bonds is 1. The zero-order valence-corrected chi connectivity index (χ0v) is 5.30. The summed E-state index contributed by atoms with van der Waals surface area (Å²) in [4.78, 5) is 10.3. The van der Waals surface area contributed by atoms with Crippen molar-refractivity contribution in [3.63, 3.8) is 0 Å². The van der Waals surface area contributed by atoms with Crippen LogP contribution in [-0.4, -0.2) is 24.7 Å². The van der Waals surface area contributed by atoms with Gasteiger partial charge in [-0.1, -0.05) is 0 Å². The molecular weight excluding hydrogens is 144 g/mol. The molecule has 0 unspecified atom stereocenters. The van der Waals surface area contributed by atoms with Gasteiger partial charge in [-0.25, -0.2) is 13.6 Å². The fourth-order valence-electron chi connectivity index (χ4n) is 0.797. The van der Waals surface area contributed by atoms with Gasteiger partial charge in [-0.05, 0) is 6.92 Å². The van der Waals surface area contributed by atoms with E-state index < -0.39 is 24.7 Å². The van der Waals surface area contributed by atoms with Gasteiger partial charge in [0.1, 0.15) is 12.1 Å². The second kappa shape index (κ2) is 2.40. The lowest BCUT2D eigenvalue weighted by Crippen LogP contribution is -2.36. The van der Waals surface area contributed by atoms with Gasteiger partial charge in [-0.15, -0.1) is 0 Å². The number of alkyl carbamates (subject to hydrolysis) is 1. The number of ether oxygens (including phenoxy) is 1. The first-order valence-electron chi connectivity index (χ1n) is 2.86. The van der Waals surface area contributed by atoms with Crippen molar-refractivity contribution in [1.29, 1.82) is 0 Å². The molecule has 1 heterocycles. The molecule has 1 fully saturated rings. The van der Waals surface area contributed by atoms with Gasteiger partial charge in [0, 0.05) is 0 Å². The molecule has 0 aromatic rings. The Kier molecular flexibility index (Phi) is 1.74. The molecule has 0 aromatic carbocycles. The maximum atomic E-state index is 11.9. The Labute approximate surface area is 56.3 Å². The van der Waals surface area contributed by atoms with Gasteiger partial charge >= 0.3 is 6.09 Å².